The van der Waals surface area contributed by atoms with Crippen molar-refractivity contribution in [1.82, 2.24) is 0 Å². The number of ether oxygens (including phenoxy) is 1. The maximum absolute atomic E-state index is 12.9. The minimum absolute atomic E-state index is 0.0320. The molecule has 0 atom stereocenters. The van der Waals surface area contributed by atoms with Crippen molar-refractivity contribution in [2.24, 2.45) is 0 Å². The van der Waals surface area contributed by atoms with E-state index in [2.05, 4.69) is 23.1 Å². The number of fused-ring (bicyclic) bond motifs is 1. The first-order valence-corrected chi connectivity index (χ1v) is 8.63. The molecule has 1 fully saturated rings. The van der Waals surface area contributed by atoms with Crippen molar-refractivity contribution in [2.45, 2.75) is 6.42 Å². The summed E-state index contributed by atoms with van der Waals surface area (Å²) >= 11 is 5.92. The summed E-state index contributed by atoms with van der Waals surface area (Å²) in [5.41, 5.74) is 4.09. The van der Waals surface area contributed by atoms with Gasteiger partial charge in [-0.2, -0.15) is 0 Å². The number of hydrogen-bond acceptors (Lipinski definition) is 3. The van der Waals surface area contributed by atoms with Gasteiger partial charge < -0.3 is 14.5 Å². The lowest BCUT2D eigenvalue weighted by atomic mass is 10.1. The van der Waals surface area contributed by atoms with Crippen LogP contribution in [-0.2, 0) is 11.2 Å². The second kappa shape index (κ2) is 6.46. The Morgan fingerprint density at radius 2 is 1.75 bits per heavy atom. The first-order chi connectivity index (χ1) is 11.7. The van der Waals surface area contributed by atoms with Crippen LogP contribution in [0.4, 0.5) is 11.4 Å². The fourth-order valence-corrected chi connectivity index (χ4v) is 3.47. The van der Waals surface area contributed by atoms with Crippen molar-refractivity contribution >= 4 is 28.9 Å². The predicted octanol–water partition coefficient (Wildman–Crippen LogP) is 3.38. The summed E-state index contributed by atoms with van der Waals surface area (Å²) in [6, 6.07) is 13.5. The van der Waals surface area contributed by atoms with E-state index in [4.69, 9.17) is 16.3 Å². The van der Waals surface area contributed by atoms with Gasteiger partial charge in [0.2, 0.25) is 0 Å². The van der Waals surface area contributed by atoms with E-state index in [1.54, 1.807) is 24.3 Å². The van der Waals surface area contributed by atoms with Crippen LogP contribution >= 0.6 is 11.6 Å². The van der Waals surface area contributed by atoms with Crippen molar-refractivity contribution in [3.05, 3.63) is 58.6 Å². The molecular weight excluding hydrogens is 324 g/mol. The molecule has 4 rings (SSSR count). The van der Waals surface area contributed by atoms with Crippen molar-refractivity contribution in [3.63, 3.8) is 0 Å². The molecule has 4 nitrogen and oxygen atoms in total. The molecule has 2 aromatic rings. The van der Waals surface area contributed by atoms with E-state index in [-0.39, 0.29) is 5.91 Å². The maximum Gasteiger partial charge on any atom is 0.258 e. The Hall–Kier alpha value is -2.04. The van der Waals surface area contributed by atoms with Crippen LogP contribution in [0.3, 0.4) is 0 Å². The highest BCUT2D eigenvalue weighted by atomic mass is 35.5. The van der Waals surface area contributed by atoms with Crippen LogP contribution in [0.25, 0.3) is 0 Å². The number of rotatable bonds is 2. The highest BCUT2D eigenvalue weighted by Crippen LogP contribution is 2.33. The molecule has 5 heteroatoms. The van der Waals surface area contributed by atoms with Crippen LogP contribution in [0.2, 0.25) is 5.02 Å². The molecule has 0 saturated carbocycles. The fourth-order valence-electron chi connectivity index (χ4n) is 3.35. The van der Waals surface area contributed by atoms with E-state index in [1.807, 2.05) is 4.90 Å². The summed E-state index contributed by atoms with van der Waals surface area (Å²) in [7, 11) is 0. The van der Waals surface area contributed by atoms with E-state index < -0.39 is 0 Å². The van der Waals surface area contributed by atoms with Crippen molar-refractivity contribution in [2.75, 3.05) is 42.6 Å². The first kappa shape index (κ1) is 15.5. The number of benzene rings is 2. The smallest absolute Gasteiger partial charge is 0.258 e. The van der Waals surface area contributed by atoms with Gasteiger partial charge in [0.25, 0.3) is 5.91 Å². The summed E-state index contributed by atoms with van der Waals surface area (Å²) < 4.78 is 5.42. The lowest BCUT2D eigenvalue weighted by molar-refractivity contribution is 0.0989. The molecule has 2 aromatic carbocycles. The molecule has 0 aliphatic carbocycles. The quantitative estimate of drug-likeness (QED) is 0.838. The summed E-state index contributed by atoms with van der Waals surface area (Å²) in [6.45, 7) is 4.02. The number of carbonyl (C=O) groups excluding carboxylic acids is 1. The molecule has 0 N–H and O–H groups in total. The molecule has 1 amide bonds. The Bertz CT molecular complexity index is 754. The van der Waals surface area contributed by atoms with Crippen molar-refractivity contribution in [3.8, 4) is 0 Å². The third kappa shape index (κ3) is 2.87. The third-order valence-corrected chi connectivity index (χ3v) is 4.93. The van der Waals surface area contributed by atoms with Gasteiger partial charge in [0.05, 0.1) is 13.2 Å². The van der Waals surface area contributed by atoms with E-state index in [0.29, 0.717) is 10.6 Å². The van der Waals surface area contributed by atoms with E-state index in [0.717, 1.165) is 50.6 Å². The second-order valence-electron chi connectivity index (χ2n) is 6.13. The monoisotopic (exact) mass is 342 g/mol. The Balaban J connectivity index is 1.62. The Morgan fingerprint density at radius 1 is 1.00 bits per heavy atom. The van der Waals surface area contributed by atoms with Crippen molar-refractivity contribution < 1.29 is 9.53 Å². The lowest BCUT2D eigenvalue weighted by Crippen LogP contribution is -2.36. The minimum Gasteiger partial charge on any atom is -0.378 e. The SMILES string of the molecule is O=C(c1ccc(Cl)cc1)N1CCc2ccc(N3CCOCC3)cc21. The number of carbonyl (C=O) groups is 1. The van der Waals surface area contributed by atoms with Gasteiger partial charge in [-0.05, 0) is 48.4 Å². The first-order valence-electron chi connectivity index (χ1n) is 8.25. The van der Waals surface area contributed by atoms with Gasteiger partial charge in [-0.3, -0.25) is 4.79 Å². The van der Waals surface area contributed by atoms with Gasteiger partial charge in [0.1, 0.15) is 0 Å². The average molecular weight is 343 g/mol. The highest BCUT2D eigenvalue weighted by Gasteiger charge is 2.26. The molecule has 2 aliphatic heterocycles. The molecule has 124 valence electrons. The van der Waals surface area contributed by atoms with Crippen LogP contribution in [-0.4, -0.2) is 38.8 Å². The van der Waals surface area contributed by atoms with Crippen LogP contribution in [0.1, 0.15) is 15.9 Å². The zero-order valence-corrected chi connectivity index (χ0v) is 14.1. The zero-order valence-electron chi connectivity index (χ0n) is 13.4. The molecule has 1 saturated heterocycles. The number of halogens is 1. The number of anilines is 2. The Labute approximate surface area is 146 Å². The van der Waals surface area contributed by atoms with Crippen LogP contribution in [0, 0.1) is 0 Å². The number of morpholine rings is 1. The molecule has 0 radical (unpaired) electrons. The van der Waals surface area contributed by atoms with E-state index in [9.17, 15) is 4.79 Å². The van der Waals surface area contributed by atoms with E-state index in [1.165, 1.54) is 5.56 Å². The van der Waals surface area contributed by atoms with Gasteiger partial charge >= 0.3 is 0 Å². The van der Waals surface area contributed by atoms with Gasteiger partial charge in [-0.25, -0.2) is 0 Å². The molecular formula is C19H19ClN2O2. The highest BCUT2D eigenvalue weighted by molar-refractivity contribution is 6.30. The largest absolute Gasteiger partial charge is 0.378 e. The number of hydrogen-bond donors (Lipinski definition) is 0. The number of nitrogens with zero attached hydrogens (tertiary/aromatic N) is 2. The van der Waals surface area contributed by atoms with Crippen LogP contribution in [0.5, 0.6) is 0 Å². The summed E-state index contributed by atoms with van der Waals surface area (Å²) in [4.78, 5) is 17.0. The third-order valence-electron chi connectivity index (χ3n) is 4.68. The molecule has 2 heterocycles. The predicted molar refractivity (Wildman–Crippen MR) is 96.3 cm³/mol. The topological polar surface area (TPSA) is 32.8 Å². The molecule has 0 spiro atoms. The number of amides is 1. The van der Waals surface area contributed by atoms with Gasteiger partial charge in [0.15, 0.2) is 0 Å². The average Bonchev–Trinajstić information content (AvgIpc) is 3.05. The molecule has 2 aliphatic rings. The minimum atomic E-state index is 0.0320. The maximum atomic E-state index is 12.9. The lowest BCUT2D eigenvalue weighted by Gasteiger charge is -2.29. The van der Waals surface area contributed by atoms with Crippen LogP contribution < -0.4 is 9.80 Å². The fraction of sp³-hybridized carbons (Fsp3) is 0.316. The summed E-state index contributed by atoms with van der Waals surface area (Å²) in [6.07, 6.45) is 0.901. The molecule has 0 unspecified atom stereocenters. The Kier molecular flexibility index (Phi) is 4.17. The summed E-state index contributed by atoms with van der Waals surface area (Å²) in [5, 5.41) is 0.642. The van der Waals surface area contributed by atoms with Gasteiger partial charge in [0, 0.05) is 41.6 Å². The normalized spacial score (nSPS) is 17.0. The van der Waals surface area contributed by atoms with Crippen molar-refractivity contribution in [1.29, 1.82) is 0 Å². The zero-order chi connectivity index (χ0) is 16.5. The molecule has 0 bridgehead atoms. The van der Waals surface area contributed by atoms with Crippen LogP contribution in [0.15, 0.2) is 42.5 Å². The molecule has 0 aromatic heterocycles. The second-order valence-corrected chi connectivity index (χ2v) is 6.56. The summed E-state index contributed by atoms with van der Waals surface area (Å²) in [5.74, 6) is 0.0320. The van der Waals surface area contributed by atoms with E-state index >= 15 is 0 Å². The standard InChI is InChI=1S/C19H19ClN2O2/c20-16-4-1-15(2-5-16)19(23)22-8-7-14-3-6-17(13-18(14)22)21-9-11-24-12-10-21/h1-6,13H,7-12H2. The molecule has 24 heavy (non-hydrogen) atoms. The van der Waals surface area contributed by atoms with Gasteiger partial charge in [-0.1, -0.05) is 17.7 Å². The van der Waals surface area contributed by atoms with Gasteiger partial charge in [-0.15, -0.1) is 0 Å². The Morgan fingerprint density at radius 3 is 2.50 bits per heavy atom.